The number of aromatic amines is 1. The lowest BCUT2D eigenvalue weighted by Gasteiger charge is -2.33. The average molecular weight is 470 g/mol. The van der Waals surface area contributed by atoms with Crippen LogP contribution in [0.4, 0.5) is 11.6 Å². The highest BCUT2D eigenvalue weighted by molar-refractivity contribution is 6.02. The number of anilines is 2. The van der Waals surface area contributed by atoms with Crippen molar-refractivity contribution in [3.8, 4) is 17.2 Å². The molecule has 4 heterocycles. The molecule has 10 nitrogen and oxygen atoms in total. The van der Waals surface area contributed by atoms with Gasteiger partial charge in [-0.15, -0.1) is 0 Å². The first-order valence-corrected chi connectivity index (χ1v) is 11.2. The Morgan fingerprint density at radius 1 is 1.20 bits per heavy atom. The summed E-state index contributed by atoms with van der Waals surface area (Å²) in [5.41, 5.74) is 2.46. The molecule has 0 spiro atoms. The third kappa shape index (κ3) is 3.59. The van der Waals surface area contributed by atoms with Gasteiger partial charge in [-0.2, -0.15) is 10.1 Å². The lowest BCUT2D eigenvalue weighted by atomic mass is 10.2. The van der Waals surface area contributed by atoms with E-state index in [1.54, 1.807) is 30.1 Å². The summed E-state index contributed by atoms with van der Waals surface area (Å²) in [5.74, 6) is 1.88. The highest BCUT2D eigenvalue weighted by Crippen LogP contribution is 2.32. The molecule has 0 amide bonds. The van der Waals surface area contributed by atoms with E-state index < -0.39 is 0 Å². The van der Waals surface area contributed by atoms with Crippen molar-refractivity contribution in [2.24, 2.45) is 0 Å². The predicted octanol–water partition coefficient (Wildman–Crippen LogP) is 2.97. The number of likely N-dealkylation sites (N-methyl/N-ethyl adjacent to an activating group) is 1. The van der Waals surface area contributed by atoms with Crippen LogP contribution in [0.1, 0.15) is 0 Å². The van der Waals surface area contributed by atoms with Crippen LogP contribution < -0.4 is 25.2 Å². The van der Waals surface area contributed by atoms with Crippen LogP contribution >= 0.6 is 0 Å². The molecule has 0 radical (unpaired) electrons. The Morgan fingerprint density at radius 2 is 2.09 bits per heavy atom. The van der Waals surface area contributed by atoms with Crippen molar-refractivity contribution in [2.45, 2.75) is 6.10 Å². The van der Waals surface area contributed by atoms with Crippen molar-refractivity contribution in [3.63, 3.8) is 0 Å². The van der Waals surface area contributed by atoms with Gasteiger partial charge in [0.1, 0.15) is 23.1 Å². The Morgan fingerprint density at radius 3 is 2.97 bits per heavy atom. The van der Waals surface area contributed by atoms with Gasteiger partial charge in [0.15, 0.2) is 5.65 Å². The van der Waals surface area contributed by atoms with Crippen LogP contribution in [0, 0.1) is 0 Å². The van der Waals surface area contributed by atoms with Gasteiger partial charge in [-0.3, -0.25) is 14.5 Å². The third-order valence-electron chi connectivity index (χ3n) is 6.16. The number of hydrogen-bond acceptors (Lipinski definition) is 8. The number of methoxy groups -OCH3 is 1. The largest absolute Gasteiger partial charge is 0.497 e. The first-order chi connectivity index (χ1) is 17.1. The molecular formula is C25H23N7O3. The number of hydrogen-bond donors (Lipinski definition) is 2. The number of aromatic nitrogens is 5. The molecule has 6 rings (SSSR count). The minimum absolute atomic E-state index is 0.0939. The molecule has 35 heavy (non-hydrogen) atoms. The number of nitrogens with one attached hydrogen (secondary N) is 2. The van der Waals surface area contributed by atoms with Gasteiger partial charge in [0.25, 0.3) is 5.56 Å². The number of ether oxygens (including phenoxy) is 2. The topological polar surface area (TPSA) is 110 Å². The zero-order valence-electron chi connectivity index (χ0n) is 19.2. The lowest BCUT2D eigenvalue weighted by molar-refractivity contribution is 0.208. The van der Waals surface area contributed by atoms with Gasteiger partial charge in [-0.05, 0) is 24.3 Å². The molecule has 10 heteroatoms. The summed E-state index contributed by atoms with van der Waals surface area (Å²) in [6.07, 6.45) is 3.19. The lowest BCUT2D eigenvalue weighted by Crippen LogP contribution is -2.41. The van der Waals surface area contributed by atoms with Crippen LogP contribution in [0.5, 0.6) is 11.5 Å². The Bertz CT molecular complexity index is 1610. The Kier molecular flexibility index (Phi) is 4.98. The van der Waals surface area contributed by atoms with Crippen molar-refractivity contribution in [2.75, 3.05) is 37.5 Å². The number of H-pyrrole nitrogens is 1. The Balaban J connectivity index is 1.38. The van der Waals surface area contributed by atoms with E-state index in [9.17, 15) is 4.79 Å². The summed E-state index contributed by atoms with van der Waals surface area (Å²) in [5, 5.41) is 11.5. The van der Waals surface area contributed by atoms with Crippen LogP contribution in [0.15, 0.2) is 65.7 Å². The minimum atomic E-state index is -0.229. The maximum absolute atomic E-state index is 13.4. The van der Waals surface area contributed by atoms with E-state index in [0.717, 1.165) is 18.0 Å². The SMILES string of the molecule is COc1cccc(-n2c(=O)c3c[nH]nc3c3cnc(NCC4CN(C)c5ccccc5O4)nc32)c1. The summed E-state index contributed by atoms with van der Waals surface area (Å²) in [4.78, 5) is 24.8. The van der Waals surface area contributed by atoms with Crippen molar-refractivity contribution >= 4 is 33.6 Å². The van der Waals surface area contributed by atoms with Gasteiger partial charge in [0.05, 0.1) is 42.3 Å². The molecule has 1 aliphatic heterocycles. The van der Waals surface area contributed by atoms with Gasteiger partial charge in [-0.1, -0.05) is 18.2 Å². The average Bonchev–Trinajstić information content (AvgIpc) is 3.38. The van der Waals surface area contributed by atoms with Crippen LogP contribution in [-0.4, -0.2) is 58.1 Å². The normalized spacial score (nSPS) is 15.1. The molecule has 0 fully saturated rings. The summed E-state index contributed by atoms with van der Waals surface area (Å²) in [6.45, 7) is 1.22. The molecule has 1 unspecified atom stereocenters. The third-order valence-corrected chi connectivity index (χ3v) is 6.16. The number of nitrogens with zero attached hydrogens (tertiary/aromatic N) is 5. The summed E-state index contributed by atoms with van der Waals surface area (Å²) >= 11 is 0. The quantitative estimate of drug-likeness (QED) is 0.404. The van der Waals surface area contributed by atoms with E-state index in [-0.39, 0.29) is 11.7 Å². The smallest absolute Gasteiger partial charge is 0.267 e. The fraction of sp³-hybridized carbons (Fsp3) is 0.200. The molecular weight excluding hydrogens is 446 g/mol. The second-order valence-electron chi connectivity index (χ2n) is 8.39. The highest BCUT2D eigenvalue weighted by atomic mass is 16.5. The number of para-hydroxylation sites is 2. The molecule has 1 atom stereocenters. The molecule has 0 saturated heterocycles. The second kappa shape index (κ2) is 8.32. The Labute approximate surface area is 200 Å². The van der Waals surface area contributed by atoms with Gasteiger partial charge in [-0.25, -0.2) is 4.98 Å². The number of rotatable bonds is 5. The molecule has 5 aromatic rings. The van der Waals surface area contributed by atoms with Crippen molar-refractivity contribution in [1.82, 2.24) is 24.7 Å². The van der Waals surface area contributed by atoms with E-state index in [1.165, 1.54) is 0 Å². The summed E-state index contributed by atoms with van der Waals surface area (Å²) in [6, 6.07) is 15.3. The van der Waals surface area contributed by atoms with Crippen LogP contribution in [-0.2, 0) is 0 Å². The molecule has 2 N–H and O–H groups in total. The van der Waals surface area contributed by atoms with Gasteiger partial charge >= 0.3 is 0 Å². The number of pyridine rings is 1. The molecule has 0 saturated carbocycles. The maximum Gasteiger partial charge on any atom is 0.267 e. The summed E-state index contributed by atoms with van der Waals surface area (Å²) < 4.78 is 13.1. The molecule has 0 aliphatic carbocycles. The molecule has 1 aliphatic rings. The Hall–Kier alpha value is -4.60. The van der Waals surface area contributed by atoms with E-state index >= 15 is 0 Å². The van der Waals surface area contributed by atoms with Crippen LogP contribution in [0.3, 0.4) is 0 Å². The van der Waals surface area contributed by atoms with Crippen molar-refractivity contribution in [1.29, 1.82) is 0 Å². The van der Waals surface area contributed by atoms with E-state index in [0.29, 0.717) is 45.9 Å². The van der Waals surface area contributed by atoms with E-state index in [4.69, 9.17) is 14.5 Å². The standard InChI is InChI=1S/C25H23N7O3/c1-31-14-17(35-21-9-4-3-8-20(21)31)11-26-25-27-12-18-22-19(13-28-30-22)24(33)32(23(18)29-25)15-6-5-7-16(10-15)34-2/h3-10,12-13,17H,11,14H2,1-2H3,(H,28,30)(H,26,27,29). The van der Waals surface area contributed by atoms with Gasteiger partial charge < -0.3 is 19.7 Å². The number of benzene rings is 2. The maximum atomic E-state index is 13.4. The first kappa shape index (κ1) is 21.0. The minimum Gasteiger partial charge on any atom is -0.497 e. The second-order valence-corrected chi connectivity index (χ2v) is 8.39. The van der Waals surface area contributed by atoms with Crippen molar-refractivity contribution < 1.29 is 9.47 Å². The number of fused-ring (bicyclic) bond motifs is 4. The highest BCUT2D eigenvalue weighted by Gasteiger charge is 2.23. The zero-order valence-corrected chi connectivity index (χ0v) is 19.2. The van der Waals surface area contributed by atoms with Crippen LogP contribution in [0.25, 0.3) is 27.6 Å². The molecule has 176 valence electrons. The molecule has 3 aromatic heterocycles. The fourth-order valence-corrected chi connectivity index (χ4v) is 4.46. The zero-order chi connectivity index (χ0) is 23.9. The van der Waals surface area contributed by atoms with Gasteiger partial charge in [0.2, 0.25) is 5.95 Å². The monoisotopic (exact) mass is 469 g/mol. The first-order valence-electron chi connectivity index (χ1n) is 11.2. The predicted molar refractivity (Wildman–Crippen MR) is 134 cm³/mol. The van der Waals surface area contributed by atoms with Crippen LogP contribution in [0.2, 0.25) is 0 Å². The summed E-state index contributed by atoms with van der Waals surface area (Å²) in [7, 11) is 3.63. The molecule has 2 aromatic carbocycles. The fourth-order valence-electron chi connectivity index (χ4n) is 4.46. The van der Waals surface area contributed by atoms with Crippen molar-refractivity contribution in [3.05, 3.63) is 71.3 Å². The van der Waals surface area contributed by atoms with Gasteiger partial charge in [0, 0.05) is 25.5 Å². The van der Waals surface area contributed by atoms with E-state index in [2.05, 4.69) is 25.4 Å². The molecule has 0 bridgehead atoms. The van der Waals surface area contributed by atoms with E-state index in [1.807, 2.05) is 49.5 Å².